The van der Waals surface area contributed by atoms with Crippen LogP contribution in [0, 0.1) is 29.6 Å². The predicted molar refractivity (Wildman–Crippen MR) is 196 cm³/mol. The first-order chi connectivity index (χ1) is 25.0. The standard InChI is InChI=1S/C39H60F3N5O6/c1-6-29-21-33(48)47(37(29)51)19-9-7-8-10-32(39(40,41)42)46-34(24(2)3)36(50)45-31(20-26-11-13-27(22-43)14-12-26)35(49)44-30-17-15-28(16-18-30)23-53-38(52)25(4)5/h15-18,24-27,29,31-32,34,46H,6-14,19-23,43H2,1-5H3,(H,44,49)(H,45,50)/t26-,27-,29?,31-,32+,34-/m0/s1. The van der Waals surface area contributed by atoms with Crippen LogP contribution in [0.4, 0.5) is 18.9 Å². The summed E-state index contributed by atoms with van der Waals surface area (Å²) in [6.07, 6.45) is 0.541. The highest BCUT2D eigenvalue weighted by Crippen LogP contribution is 2.32. The number of halogens is 3. The summed E-state index contributed by atoms with van der Waals surface area (Å²) >= 11 is 0. The molecule has 2 aliphatic rings. The van der Waals surface area contributed by atoms with Gasteiger partial charge in [-0.25, -0.2) is 0 Å². The van der Waals surface area contributed by atoms with Crippen molar-refractivity contribution in [2.45, 2.75) is 136 Å². The summed E-state index contributed by atoms with van der Waals surface area (Å²) in [7, 11) is 0. The van der Waals surface area contributed by atoms with Crippen molar-refractivity contribution in [3.8, 4) is 0 Å². The highest BCUT2D eigenvalue weighted by atomic mass is 19.4. The van der Waals surface area contributed by atoms with Crippen LogP contribution < -0.4 is 21.7 Å². The van der Waals surface area contributed by atoms with E-state index in [-0.39, 0.29) is 68.0 Å². The fraction of sp³-hybridized carbons (Fsp3) is 0.718. The molecule has 0 radical (unpaired) electrons. The quantitative estimate of drug-likeness (QED) is 0.0733. The number of rotatable bonds is 20. The highest BCUT2D eigenvalue weighted by Gasteiger charge is 2.42. The fourth-order valence-electron chi connectivity index (χ4n) is 6.99. The van der Waals surface area contributed by atoms with Gasteiger partial charge in [0.05, 0.1) is 12.0 Å². The molecule has 2 fully saturated rings. The number of hydrogen-bond donors (Lipinski definition) is 4. The van der Waals surface area contributed by atoms with E-state index in [1.807, 2.05) is 6.92 Å². The molecule has 4 amide bonds. The first-order valence-corrected chi connectivity index (χ1v) is 19.3. The lowest BCUT2D eigenvalue weighted by atomic mass is 9.79. The summed E-state index contributed by atoms with van der Waals surface area (Å²) < 4.78 is 48.2. The van der Waals surface area contributed by atoms with Gasteiger partial charge in [-0.1, -0.05) is 72.4 Å². The van der Waals surface area contributed by atoms with E-state index in [0.717, 1.165) is 31.2 Å². The smallest absolute Gasteiger partial charge is 0.403 e. The zero-order valence-corrected chi connectivity index (χ0v) is 31.9. The Morgan fingerprint density at radius 3 is 2.13 bits per heavy atom. The Morgan fingerprint density at radius 1 is 0.943 bits per heavy atom. The molecule has 0 bridgehead atoms. The third-order valence-electron chi connectivity index (χ3n) is 10.5. The van der Waals surface area contributed by atoms with E-state index in [9.17, 15) is 37.1 Å². The molecule has 1 aromatic rings. The van der Waals surface area contributed by atoms with Crippen LogP contribution in [0.5, 0.6) is 0 Å². The molecule has 3 rings (SSSR count). The number of amides is 4. The van der Waals surface area contributed by atoms with Gasteiger partial charge >= 0.3 is 12.1 Å². The van der Waals surface area contributed by atoms with E-state index in [1.54, 1.807) is 52.0 Å². The number of ether oxygens (including phenoxy) is 1. The molecule has 5 N–H and O–H groups in total. The van der Waals surface area contributed by atoms with Gasteiger partial charge in [0.15, 0.2) is 0 Å². The van der Waals surface area contributed by atoms with Gasteiger partial charge in [0.1, 0.15) is 18.7 Å². The Bertz CT molecular complexity index is 1360. The lowest BCUT2D eigenvalue weighted by Gasteiger charge is -2.33. The van der Waals surface area contributed by atoms with Crippen molar-refractivity contribution < 1.29 is 41.9 Å². The first kappa shape index (κ1) is 43.9. The third-order valence-corrected chi connectivity index (χ3v) is 10.5. The number of nitrogens with two attached hydrogens (primary N) is 1. The number of hydrogen-bond acceptors (Lipinski definition) is 8. The SMILES string of the molecule is CCC1CC(=O)N(CCCCC[C@@H](N[C@H](C(=O)N[C@@H](C[C@H]2CC[C@H](CN)CC2)C(=O)Nc2ccc(COC(=O)C(C)C)cc2)C(C)C)C(F)(F)F)C1=O. The number of carbonyl (C=O) groups excluding carboxylic acids is 5. The Kier molecular flexibility index (Phi) is 17.2. The summed E-state index contributed by atoms with van der Waals surface area (Å²) in [5.41, 5.74) is 7.06. The van der Waals surface area contributed by atoms with Gasteiger partial charge < -0.3 is 21.1 Å². The number of imide groups is 1. The van der Waals surface area contributed by atoms with Gasteiger partial charge in [0, 0.05) is 24.6 Å². The van der Waals surface area contributed by atoms with E-state index in [4.69, 9.17) is 10.5 Å². The maximum atomic E-state index is 14.3. The molecule has 0 spiro atoms. The molecule has 11 nitrogen and oxygen atoms in total. The van der Waals surface area contributed by atoms with Crippen molar-refractivity contribution in [3.05, 3.63) is 29.8 Å². The number of nitrogens with zero attached hydrogens (tertiary/aromatic N) is 1. The second kappa shape index (κ2) is 20.8. The van der Waals surface area contributed by atoms with Gasteiger partial charge in [-0.15, -0.1) is 0 Å². The second-order valence-corrected chi connectivity index (χ2v) is 15.4. The van der Waals surface area contributed by atoms with Crippen molar-refractivity contribution in [3.63, 3.8) is 0 Å². The summed E-state index contributed by atoms with van der Waals surface area (Å²) in [5, 5.41) is 8.20. The minimum absolute atomic E-state index is 0.0813. The molecular formula is C39H60F3N5O6. The number of anilines is 1. The summed E-state index contributed by atoms with van der Waals surface area (Å²) in [6.45, 7) is 9.48. The molecule has 1 heterocycles. The molecule has 298 valence electrons. The number of carbonyl (C=O) groups is 5. The molecule has 0 aromatic heterocycles. The Balaban J connectivity index is 1.66. The van der Waals surface area contributed by atoms with Crippen molar-refractivity contribution in [2.24, 2.45) is 35.3 Å². The highest BCUT2D eigenvalue weighted by molar-refractivity contribution is 6.03. The topological polar surface area (TPSA) is 160 Å². The van der Waals surface area contributed by atoms with Gasteiger partial charge in [-0.3, -0.25) is 34.2 Å². The first-order valence-electron chi connectivity index (χ1n) is 19.3. The van der Waals surface area contributed by atoms with Crippen molar-refractivity contribution >= 4 is 35.3 Å². The average Bonchev–Trinajstić information content (AvgIpc) is 3.39. The third kappa shape index (κ3) is 13.7. The summed E-state index contributed by atoms with van der Waals surface area (Å²) in [5.74, 6) is -2.53. The Hall–Kier alpha value is -3.52. The van der Waals surface area contributed by atoms with Crippen molar-refractivity contribution in [1.82, 2.24) is 15.5 Å². The summed E-state index contributed by atoms with van der Waals surface area (Å²) in [4.78, 5) is 65.1. The van der Waals surface area contributed by atoms with Crippen LogP contribution in [-0.2, 0) is 35.3 Å². The monoisotopic (exact) mass is 751 g/mol. The van der Waals surface area contributed by atoms with Crippen molar-refractivity contribution in [2.75, 3.05) is 18.4 Å². The maximum Gasteiger partial charge on any atom is 0.403 e. The molecule has 4 atom stereocenters. The van der Waals surface area contributed by atoms with Gasteiger partial charge in [0.25, 0.3) is 0 Å². The molecule has 1 saturated heterocycles. The predicted octanol–water partition coefficient (Wildman–Crippen LogP) is 5.85. The van der Waals surface area contributed by atoms with Gasteiger partial charge in [-0.05, 0) is 80.5 Å². The number of nitrogens with one attached hydrogen (secondary N) is 3. The molecule has 1 unspecified atom stereocenters. The molecule has 1 saturated carbocycles. The molecular weight excluding hydrogens is 691 g/mol. The maximum absolute atomic E-state index is 14.3. The van der Waals surface area contributed by atoms with E-state index in [0.29, 0.717) is 43.8 Å². The lowest BCUT2D eigenvalue weighted by Crippen LogP contribution is -2.58. The minimum atomic E-state index is -4.64. The van der Waals surface area contributed by atoms with Gasteiger partial charge in [-0.2, -0.15) is 13.2 Å². The molecule has 14 heteroatoms. The second-order valence-electron chi connectivity index (χ2n) is 15.4. The van der Waals surface area contributed by atoms with E-state index in [1.165, 1.54) is 4.90 Å². The van der Waals surface area contributed by atoms with Gasteiger partial charge in [0.2, 0.25) is 23.6 Å². The van der Waals surface area contributed by atoms with Crippen LogP contribution in [0.3, 0.4) is 0 Å². The zero-order valence-electron chi connectivity index (χ0n) is 31.9. The van der Waals surface area contributed by atoms with Crippen LogP contribution in [0.15, 0.2) is 24.3 Å². The van der Waals surface area contributed by atoms with Crippen LogP contribution >= 0.6 is 0 Å². The molecule has 1 aliphatic carbocycles. The number of benzene rings is 1. The normalized spacial score (nSPS) is 21.1. The van der Waals surface area contributed by atoms with E-state index in [2.05, 4.69) is 16.0 Å². The molecule has 53 heavy (non-hydrogen) atoms. The van der Waals surface area contributed by atoms with E-state index >= 15 is 0 Å². The van der Waals surface area contributed by atoms with E-state index < -0.39 is 42.0 Å². The number of esters is 1. The van der Waals surface area contributed by atoms with Crippen LogP contribution in [-0.4, -0.2) is 71.9 Å². The lowest BCUT2D eigenvalue weighted by molar-refractivity contribution is -0.161. The Morgan fingerprint density at radius 2 is 1.58 bits per heavy atom. The number of likely N-dealkylation sites (tertiary alicyclic amines) is 1. The van der Waals surface area contributed by atoms with Crippen LogP contribution in [0.25, 0.3) is 0 Å². The number of unbranched alkanes of at least 4 members (excludes halogenated alkanes) is 2. The summed E-state index contributed by atoms with van der Waals surface area (Å²) in [6, 6.07) is 2.56. The average molecular weight is 752 g/mol. The van der Waals surface area contributed by atoms with Crippen LogP contribution in [0.1, 0.15) is 111 Å². The zero-order chi connectivity index (χ0) is 39.3. The largest absolute Gasteiger partial charge is 0.461 e. The fourth-order valence-corrected chi connectivity index (χ4v) is 6.99. The molecule has 1 aromatic carbocycles. The van der Waals surface area contributed by atoms with Crippen molar-refractivity contribution in [1.29, 1.82) is 0 Å². The molecule has 1 aliphatic heterocycles. The minimum Gasteiger partial charge on any atom is -0.461 e. The van der Waals surface area contributed by atoms with Crippen LogP contribution in [0.2, 0.25) is 0 Å². The number of alkyl halides is 3. The Labute approximate surface area is 312 Å².